The molecular weight excluding hydrogens is 292 g/mol. The largest absolute Gasteiger partial charge is 0.485 e. The number of amides is 1. The molecule has 0 radical (unpaired) electrons. The van der Waals surface area contributed by atoms with Crippen LogP contribution in [0.5, 0.6) is 11.5 Å². The number of hydrogen-bond donors (Lipinski definition) is 2. The van der Waals surface area contributed by atoms with Crippen LogP contribution >= 0.6 is 12.4 Å². The zero-order valence-electron chi connectivity index (χ0n) is 12.4. The summed E-state index contributed by atoms with van der Waals surface area (Å²) in [6.07, 6.45) is 0.945. The van der Waals surface area contributed by atoms with Crippen molar-refractivity contribution in [2.45, 2.75) is 38.3 Å². The molecule has 0 saturated carbocycles. The SMILES string of the molecule is CCC(CC)(CN)NC(=O)C1COc2ccccc2O1.Cl. The Hall–Kier alpha value is -1.46. The fourth-order valence-electron chi connectivity index (χ4n) is 2.26. The van der Waals surface area contributed by atoms with Crippen molar-refractivity contribution >= 4 is 18.3 Å². The third kappa shape index (κ3) is 3.80. The van der Waals surface area contributed by atoms with Crippen LogP contribution in [0.15, 0.2) is 24.3 Å². The van der Waals surface area contributed by atoms with Crippen molar-refractivity contribution in [1.82, 2.24) is 5.32 Å². The molecule has 2 rings (SSSR count). The first-order valence-electron chi connectivity index (χ1n) is 7.04. The van der Waals surface area contributed by atoms with Crippen LogP contribution in [0.2, 0.25) is 0 Å². The normalized spacial score (nSPS) is 16.8. The van der Waals surface area contributed by atoms with Crippen molar-refractivity contribution in [2.75, 3.05) is 13.2 Å². The van der Waals surface area contributed by atoms with E-state index in [4.69, 9.17) is 15.2 Å². The molecule has 1 atom stereocenters. The lowest BCUT2D eigenvalue weighted by Gasteiger charge is -2.34. The molecule has 1 unspecified atom stereocenters. The second-order valence-electron chi connectivity index (χ2n) is 5.05. The Morgan fingerprint density at radius 3 is 2.52 bits per heavy atom. The highest BCUT2D eigenvalue weighted by Crippen LogP contribution is 2.31. The number of carbonyl (C=O) groups excluding carboxylic acids is 1. The molecule has 0 aromatic heterocycles. The van der Waals surface area contributed by atoms with Crippen LogP contribution in [0.4, 0.5) is 0 Å². The van der Waals surface area contributed by atoms with E-state index in [1.54, 1.807) is 6.07 Å². The van der Waals surface area contributed by atoms with Gasteiger partial charge in [0.2, 0.25) is 6.10 Å². The number of para-hydroxylation sites is 2. The fourth-order valence-corrected chi connectivity index (χ4v) is 2.26. The van der Waals surface area contributed by atoms with Gasteiger partial charge in [-0.3, -0.25) is 4.79 Å². The minimum atomic E-state index is -0.631. The molecule has 1 amide bonds. The standard InChI is InChI=1S/C15H22N2O3.ClH/c1-3-15(4-2,10-16)17-14(18)13-9-19-11-7-5-6-8-12(11)20-13;/h5-8,13H,3-4,9-10,16H2,1-2H3,(H,17,18);1H. The number of hydrogen-bond acceptors (Lipinski definition) is 4. The lowest BCUT2D eigenvalue weighted by Crippen LogP contribution is -2.57. The highest BCUT2D eigenvalue weighted by Gasteiger charge is 2.33. The topological polar surface area (TPSA) is 73.6 Å². The third-order valence-corrected chi connectivity index (χ3v) is 3.93. The molecular formula is C15H23ClN2O3. The molecule has 1 aromatic rings. The minimum absolute atomic E-state index is 0. The van der Waals surface area contributed by atoms with Crippen LogP contribution in [0, 0.1) is 0 Å². The smallest absolute Gasteiger partial charge is 0.265 e. The first-order chi connectivity index (χ1) is 9.64. The zero-order valence-corrected chi connectivity index (χ0v) is 13.2. The third-order valence-electron chi connectivity index (χ3n) is 3.93. The molecule has 1 aliphatic heterocycles. The van der Waals surface area contributed by atoms with Crippen LogP contribution in [0.1, 0.15) is 26.7 Å². The number of ether oxygens (including phenoxy) is 2. The number of rotatable bonds is 5. The Labute approximate surface area is 131 Å². The summed E-state index contributed by atoms with van der Waals surface area (Å²) >= 11 is 0. The van der Waals surface area contributed by atoms with Gasteiger partial charge in [-0.2, -0.15) is 0 Å². The van der Waals surface area contributed by atoms with Crippen molar-refractivity contribution in [3.05, 3.63) is 24.3 Å². The molecule has 1 heterocycles. The predicted molar refractivity (Wildman–Crippen MR) is 84.1 cm³/mol. The molecule has 0 bridgehead atoms. The van der Waals surface area contributed by atoms with E-state index in [2.05, 4.69) is 5.32 Å². The van der Waals surface area contributed by atoms with Crippen molar-refractivity contribution in [3.63, 3.8) is 0 Å². The minimum Gasteiger partial charge on any atom is -0.485 e. The molecule has 3 N–H and O–H groups in total. The van der Waals surface area contributed by atoms with Crippen LogP contribution in [0.25, 0.3) is 0 Å². The Morgan fingerprint density at radius 2 is 1.95 bits per heavy atom. The van der Waals surface area contributed by atoms with Gasteiger partial charge in [0.1, 0.15) is 6.61 Å². The lowest BCUT2D eigenvalue weighted by molar-refractivity contribution is -0.132. The highest BCUT2D eigenvalue weighted by molar-refractivity contribution is 5.85. The molecule has 1 aromatic carbocycles. The molecule has 0 saturated heterocycles. The van der Waals surface area contributed by atoms with Gasteiger partial charge in [0.05, 0.1) is 5.54 Å². The van der Waals surface area contributed by atoms with Crippen LogP contribution in [0.3, 0.4) is 0 Å². The first kappa shape index (κ1) is 17.6. The molecule has 1 aliphatic rings. The zero-order chi connectivity index (χ0) is 14.6. The monoisotopic (exact) mass is 314 g/mol. The summed E-state index contributed by atoms with van der Waals surface area (Å²) in [4.78, 5) is 12.3. The summed E-state index contributed by atoms with van der Waals surface area (Å²) in [7, 11) is 0. The number of carbonyl (C=O) groups is 1. The molecule has 21 heavy (non-hydrogen) atoms. The van der Waals surface area contributed by atoms with Gasteiger partial charge < -0.3 is 20.5 Å². The summed E-state index contributed by atoms with van der Waals surface area (Å²) in [6, 6.07) is 7.34. The summed E-state index contributed by atoms with van der Waals surface area (Å²) in [6.45, 7) is 4.67. The maximum atomic E-state index is 12.3. The number of nitrogens with one attached hydrogen (secondary N) is 1. The Morgan fingerprint density at radius 1 is 1.33 bits per heavy atom. The average molecular weight is 315 g/mol. The van der Waals surface area contributed by atoms with Gasteiger partial charge in [0.15, 0.2) is 11.5 Å². The summed E-state index contributed by atoms with van der Waals surface area (Å²) in [5.74, 6) is 1.10. The molecule has 118 valence electrons. The summed E-state index contributed by atoms with van der Waals surface area (Å²) in [5, 5.41) is 3.01. The number of halogens is 1. The van der Waals surface area contributed by atoms with E-state index in [1.807, 2.05) is 32.0 Å². The van der Waals surface area contributed by atoms with Gasteiger partial charge in [0.25, 0.3) is 5.91 Å². The van der Waals surface area contributed by atoms with E-state index in [0.29, 0.717) is 18.0 Å². The lowest BCUT2D eigenvalue weighted by atomic mass is 9.92. The van der Waals surface area contributed by atoms with Gasteiger partial charge in [-0.15, -0.1) is 12.4 Å². The van der Waals surface area contributed by atoms with Crippen LogP contribution in [-0.4, -0.2) is 30.7 Å². The van der Waals surface area contributed by atoms with Crippen LogP contribution < -0.4 is 20.5 Å². The fraction of sp³-hybridized carbons (Fsp3) is 0.533. The highest BCUT2D eigenvalue weighted by atomic mass is 35.5. The Kier molecular flexibility index (Phi) is 6.30. The average Bonchev–Trinajstić information content (AvgIpc) is 2.52. The van der Waals surface area contributed by atoms with Crippen molar-refractivity contribution in [2.24, 2.45) is 5.73 Å². The number of fused-ring (bicyclic) bond motifs is 1. The van der Waals surface area contributed by atoms with Crippen molar-refractivity contribution in [3.8, 4) is 11.5 Å². The Bertz CT molecular complexity index is 469. The molecule has 0 fully saturated rings. The van der Waals surface area contributed by atoms with E-state index < -0.39 is 6.10 Å². The first-order valence-corrected chi connectivity index (χ1v) is 7.04. The van der Waals surface area contributed by atoms with E-state index >= 15 is 0 Å². The number of nitrogens with two attached hydrogens (primary N) is 1. The summed E-state index contributed by atoms with van der Waals surface area (Å²) < 4.78 is 11.3. The van der Waals surface area contributed by atoms with Crippen molar-refractivity contribution < 1.29 is 14.3 Å². The second-order valence-corrected chi connectivity index (χ2v) is 5.05. The Balaban J connectivity index is 0.00000220. The maximum Gasteiger partial charge on any atom is 0.265 e. The molecule has 0 aliphatic carbocycles. The maximum absolute atomic E-state index is 12.3. The van der Waals surface area contributed by atoms with Gasteiger partial charge in [0, 0.05) is 6.54 Å². The quantitative estimate of drug-likeness (QED) is 0.870. The van der Waals surface area contributed by atoms with Gasteiger partial charge in [-0.05, 0) is 25.0 Å². The molecule has 6 heteroatoms. The van der Waals surface area contributed by atoms with E-state index in [-0.39, 0.29) is 30.5 Å². The number of benzene rings is 1. The van der Waals surface area contributed by atoms with Crippen LogP contribution in [-0.2, 0) is 4.79 Å². The summed E-state index contributed by atoms with van der Waals surface area (Å²) in [5.41, 5.74) is 5.43. The van der Waals surface area contributed by atoms with E-state index in [9.17, 15) is 4.79 Å². The van der Waals surface area contributed by atoms with Gasteiger partial charge >= 0.3 is 0 Å². The van der Waals surface area contributed by atoms with E-state index in [0.717, 1.165) is 12.8 Å². The van der Waals surface area contributed by atoms with Crippen molar-refractivity contribution in [1.29, 1.82) is 0 Å². The molecule has 5 nitrogen and oxygen atoms in total. The second kappa shape index (κ2) is 7.52. The van der Waals surface area contributed by atoms with E-state index in [1.165, 1.54) is 0 Å². The predicted octanol–water partition coefficient (Wildman–Crippen LogP) is 1.88. The van der Waals surface area contributed by atoms with Gasteiger partial charge in [-0.1, -0.05) is 26.0 Å². The molecule has 0 spiro atoms. The van der Waals surface area contributed by atoms with Gasteiger partial charge in [-0.25, -0.2) is 0 Å².